The number of nitrogens with one attached hydrogen (secondary N) is 1. The van der Waals surface area contributed by atoms with E-state index in [1.54, 1.807) is 0 Å². The van der Waals surface area contributed by atoms with Gasteiger partial charge in [-0.2, -0.15) is 5.10 Å². The summed E-state index contributed by atoms with van der Waals surface area (Å²) in [6, 6.07) is 1.37. The molecule has 5 N–H and O–H groups in total. The van der Waals surface area contributed by atoms with Gasteiger partial charge in [0.05, 0.1) is 0 Å². The number of carbonyl (C=O) groups is 1. The predicted octanol–water partition coefficient (Wildman–Crippen LogP) is -0.730. The minimum Gasteiger partial charge on any atom is -0.710 e. The standard InChI is InChI=1S/C12H14N6O3/c1-5(2)6-3-8(19)16-17-9(6)7-4-18(21)11(13)10(15-7)12(14)20/h3-5H,13H2,1-2H3,(H2,14,20)(H,16,19). The molecule has 9 heteroatoms. The topological polar surface area (TPSA) is 155 Å². The van der Waals surface area contributed by atoms with Crippen LogP contribution in [0.5, 0.6) is 0 Å². The number of aromatic amines is 1. The summed E-state index contributed by atoms with van der Waals surface area (Å²) in [7, 11) is 0. The van der Waals surface area contributed by atoms with Crippen molar-refractivity contribution in [2.75, 3.05) is 5.73 Å². The molecule has 0 aliphatic heterocycles. The second-order valence-electron chi connectivity index (χ2n) is 4.74. The molecule has 0 saturated heterocycles. The van der Waals surface area contributed by atoms with Gasteiger partial charge in [0.25, 0.3) is 11.5 Å². The first-order valence-electron chi connectivity index (χ1n) is 6.10. The minimum atomic E-state index is -0.922. The smallest absolute Gasteiger partial charge is 0.307 e. The van der Waals surface area contributed by atoms with Crippen molar-refractivity contribution in [3.8, 4) is 11.4 Å². The van der Waals surface area contributed by atoms with Gasteiger partial charge in [0.1, 0.15) is 17.6 Å². The molecule has 21 heavy (non-hydrogen) atoms. The number of nitrogen functional groups attached to an aromatic ring is 1. The Hall–Kier alpha value is -2.97. The summed E-state index contributed by atoms with van der Waals surface area (Å²) in [6.07, 6.45) is 1.08. The van der Waals surface area contributed by atoms with E-state index in [2.05, 4.69) is 15.2 Å². The number of aromatic nitrogens is 4. The average molecular weight is 290 g/mol. The van der Waals surface area contributed by atoms with Crippen LogP contribution in [0, 0.1) is 5.21 Å². The molecular weight excluding hydrogens is 276 g/mol. The Kier molecular flexibility index (Phi) is 3.57. The molecule has 0 fully saturated rings. The molecule has 0 unspecified atom stereocenters. The molecule has 110 valence electrons. The fourth-order valence-corrected chi connectivity index (χ4v) is 1.85. The highest BCUT2D eigenvalue weighted by Crippen LogP contribution is 2.24. The monoisotopic (exact) mass is 290 g/mol. The van der Waals surface area contributed by atoms with Crippen LogP contribution in [0.25, 0.3) is 11.4 Å². The maximum absolute atomic E-state index is 11.7. The van der Waals surface area contributed by atoms with Crippen molar-refractivity contribution < 1.29 is 9.52 Å². The molecule has 2 heterocycles. The molecule has 0 aliphatic rings. The lowest BCUT2D eigenvalue weighted by atomic mass is 10.0. The van der Waals surface area contributed by atoms with Crippen molar-refractivity contribution >= 4 is 11.7 Å². The lowest BCUT2D eigenvalue weighted by Gasteiger charge is -2.13. The highest BCUT2D eigenvalue weighted by atomic mass is 16.5. The van der Waals surface area contributed by atoms with Crippen molar-refractivity contribution in [2.45, 2.75) is 19.8 Å². The maximum Gasteiger partial charge on any atom is 0.307 e. The number of amides is 1. The zero-order chi connectivity index (χ0) is 15.7. The summed E-state index contributed by atoms with van der Waals surface area (Å²) in [6.45, 7) is 3.72. The van der Waals surface area contributed by atoms with Crippen molar-refractivity contribution in [1.82, 2.24) is 15.2 Å². The van der Waals surface area contributed by atoms with Crippen molar-refractivity contribution in [3.05, 3.63) is 39.1 Å². The van der Waals surface area contributed by atoms with Gasteiger partial charge in [-0.3, -0.25) is 15.3 Å². The van der Waals surface area contributed by atoms with Crippen molar-refractivity contribution in [2.24, 2.45) is 5.73 Å². The van der Waals surface area contributed by atoms with Gasteiger partial charge in [0.15, 0.2) is 0 Å². The van der Waals surface area contributed by atoms with Crippen LogP contribution in [0.3, 0.4) is 0 Å². The Morgan fingerprint density at radius 3 is 2.71 bits per heavy atom. The molecule has 0 bridgehead atoms. The average Bonchev–Trinajstić information content (AvgIpc) is 2.41. The first kappa shape index (κ1) is 14.4. The van der Waals surface area contributed by atoms with Crippen LogP contribution in [0.2, 0.25) is 0 Å². The van der Waals surface area contributed by atoms with E-state index < -0.39 is 5.91 Å². The lowest BCUT2D eigenvalue weighted by molar-refractivity contribution is -0.589. The van der Waals surface area contributed by atoms with Gasteiger partial charge in [-0.05, 0) is 11.5 Å². The highest BCUT2D eigenvalue weighted by Gasteiger charge is 2.20. The first-order valence-corrected chi connectivity index (χ1v) is 6.10. The zero-order valence-corrected chi connectivity index (χ0v) is 11.5. The number of hydrogen-bond donors (Lipinski definition) is 3. The molecule has 9 nitrogen and oxygen atoms in total. The number of nitrogens with two attached hydrogens (primary N) is 2. The number of rotatable bonds is 3. The molecule has 2 aromatic heterocycles. The normalized spacial score (nSPS) is 10.8. The van der Waals surface area contributed by atoms with E-state index in [4.69, 9.17) is 11.5 Å². The fourth-order valence-electron chi connectivity index (χ4n) is 1.85. The van der Waals surface area contributed by atoms with E-state index >= 15 is 0 Å². The molecule has 1 amide bonds. The number of carbonyl (C=O) groups excluding carboxylic acids is 1. The molecule has 0 atom stereocenters. The van der Waals surface area contributed by atoms with Crippen LogP contribution < -0.4 is 21.8 Å². The zero-order valence-electron chi connectivity index (χ0n) is 11.5. The van der Waals surface area contributed by atoms with E-state index in [1.165, 1.54) is 6.07 Å². The molecule has 2 rings (SSSR count). The maximum atomic E-state index is 11.7. The Balaban J connectivity index is 2.73. The van der Waals surface area contributed by atoms with E-state index in [9.17, 15) is 14.8 Å². The van der Waals surface area contributed by atoms with Gasteiger partial charge in [0.2, 0.25) is 5.69 Å². The molecule has 0 aromatic carbocycles. The second-order valence-corrected chi connectivity index (χ2v) is 4.74. The Labute approximate surface area is 119 Å². The third-order valence-electron chi connectivity index (χ3n) is 2.89. The molecule has 0 radical (unpaired) electrons. The molecule has 0 spiro atoms. The largest absolute Gasteiger partial charge is 0.710 e. The number of H-pyrrole nitrogens is 1. The van der Waals surface area contributed by atoms with Gasteiger partial charge in [-0.1, -0.05) is 13.8 Å². The molecule has 0 saturated carbocycles. The third-order valence-corrected chi connectivity index (χ3v) is 2.89. The van der Waals surface area contributed by atoms with E-state index in [0.29, 0.717) is 10.3 Å². The van der Waals surface area contributed by atoms with Gasteiger partial charge in [-0.25, -0.2) is 14.8 Å². The Bertz CT molecular complexity index is 768. The molecular formula is C12H14N6O3. The summed E-state index contributed by atoms with van der Waals surface area (Å²) in [5.74, 6) is -1.34. The second kappa shape index (κ2) is 5.19. The van der Waals surface area contributed by atoms with Crippen LogP contribution in [-0.2, 0) is 0 Å². The van der Waals surface area contributed by atoms with Gasteiger partial charge >= 0.3 is 5.82 Å². The molecule has 2 aromatic rings. The summed E-state index contributed by atoms with van der Waals surface area (Å²) in [5, 5.41) is 17.9. The summed E-state index contributed by atoms with van der Waals surface area (Å²) < 4.78 is 0.291. The first-order chi connectivity index (χ1) is 9.81. The Morgan fingerprint density at radius 2 is 2.14 bits per heavy atom. The van der Waals surface area contributed by atoms with Gasteiger partial charge in [0, 0.05) is 6.07 Å². The van der Waals surface area contributed by atoms with Crippen molar-refractivity contribution in [1.29, 1.82) is 0 Å². The SMILES string of the molecule is CC(C)c1cc(=O)[nH]nc1-c1c[n+]([O-])c(N)c(C(N)=O)n1. The predicted molar refractivity (Wildman–Crippen MR) is 74.1 cm³/mol. The number of primary amides is 1. The van der Waals surface area contributed by atoms with E-state index in [1.807, 2.05) is 13.8 Å². The third kappa shape index (κ3) is 2.66. The van der Waals surface area contributed by atoms with Crippen molar-refractivity contribution in [3.63, 3.8) is 0 Å². The highest BCUT2D eigenvalue weighted by molar-refractivity contribution is 5.94. The van der Waals surface area contributed by atoms with Crippen LogP contribution >= 0.6 is 0 Å². The number of anilines is 1. The summed E-state index contributed by atoms with van der Waals surface area (Å²) >= 11 is 0. The quantitative estimate of drug-likeness (QED) is 0.500. The minimum absolute atomic E-state index is 0.0358. The fraction of sp³-hybridized carbons (Fsp3) is 0.250. The van der Waals surface area contributed by atoms with Crippen LogP contribution in [0.1, 0.15) is 35.8 Å². The lowest BCUT2D eigenvalue weighted by Crippen LogP contribution is -2.35. The number of nitrogens with zero attached hydrogens (tertiary/aromatic N) is 3. The Morgan fingerprint density at radius 1 is 1.48 bits per heavy atom. The van der Waals surface area contributed by atoms with Crippen LogP contribution in [0.15, 0.2) is 17.1 Å². The summed E-state index contributed by atoms with van der Waals surface area (Å²) in [5.41, 5.74) is 10.9. The van der Waals surface area contributed by atoms with E-state index in [0.717, 1.165) is 6.20 Å². The number of hydrogen-bond acceptors (Lipinski definition) is 6. The van der Waals surface area contributed by atoms with E-state index in [-0.39, 0.29) is 34.4 Å². The molecule has 0 aliphatic carbocycles. The van der Waals surface area contributed by atoms with Crippen LogP contribution in [0.4, 0.5) is 5.82 Å². The summed E-state index contributed by atoms with van der Waals surface area (Å²) in [4.78, 5) is 26.6. The van der Waals surface area contributed by atoms with Gasteiger partial charge < -0.3 is 10.9 Å². The van der Waals surface area contributed by atoms with Crippen LogP contribution in [-0.4, -0.2) is 21.1 Å². The van der Waals surface area contributed by atoms with Gasteiger partial charge in [-0.15, -0.1) is 0 Å².